The maximum absolute atomic E-state index is 12.7. The van der Waals surface area contributed by atoms with E-state index >= 15 is 0 Å². The molecule has 0 saturated carbocycles. The third-order valence-electron chi connectivity index (χ3n) is 4.75. The first kappa shape index (κ1) is 19.5. The molecule has 7 heteroatoms. The summed E-state index contributed by atoms with van der Waals surface area (Å²) >= 11 is 2.18. The quantitative estimate of drug-likeness (QED) is 0.341. The maximum Gasteiger partial charge on any atom is 0.372 e. The summed E-state index contributed by atoms with van der Waals surface area (Å²) in [5, 5.41) is 9.08. The highest BCUT2D eigenvalue weighted by atomic mass is 127. The van der Waals surface area contributed by atoms with Gasteiger partial charge in [0.2, 0.25) is 0 Å². The molecule has 1 N–H and O–H groups in total. The van der Waals surface area contributed by atoms with Crippen molar-refractivity contribution in [2.75, 3.05) is 0 Å². The molecule has 0 amide bonds. The average molecular weight is 478 g/mol. The van der Waals surface area contributed by atoms with Crippen LogP contribution in [0.3, 0.4) is 0 Å². The Morgan fingerprint density at radius 3 is 2.59 bits per heavy atom. The van der Waals surface area contributed by atoms with Crippen molar-refractivity contribution in [1.82, 2.24) is 9.55 Å². The Morgan fingerprint density at radius 1 is 1.22 bits per heavy atom. The van der Waals surface area contributed by atoms with Crippen molar-refractivity contribution in [2.45, 2.75) is 32.2 Å². The molecule has 0 saturated heterocycles. The van der Waals surface area contributed by atoms with Crippen LogP contribution in [0.15, 0.2) is 53.6 Å². The van der Waals surface area contributed by atoms with Gasteiger partial charge in [0.25, 0.3) is 5.56 Å². The van der Waals surface area contributed by atoms with E-state index in [0.29, 0.717) is 23.9 Å². The number of carbonyl (C=O) groups excluding carboxylic acids is 1. The summed E-state index contributed by atoms with van der Waals surface area (Å²) in [5.74, 6) is -0.789. The Bertz CT molecular complexity index is 1040. The van der Waals surface area contributed by atoms with Gasteiger partial charge in [-0.15, -0.1) is 0 Å². The Kier molecular flexibility index (Phi) is 5.61. The van der Waals surface area contributed by atoms with E-state index in [9.17, 15) is 9.59 Å². The standard InChI is InChI=1S/C20H19IN2O4/c1-20(2,14-5-3-13(4-6-14)19(25)27-26)9-10-23-12-22-17-8-7-15(21)11-16(17)18(23)24/h3-8,11-12,26H,9-10H2,1-2H3. The molecule has 0 bridgehead atoms. The third kappa shape index (κ3) is 4.19. The summed E-state index contributed by atoms with van der Waals surface area (Å²) in [7, 11) is 0. The molecule has 1 aromatic heterocycles. The topological polar surface area (TPSA) is 81.4 Å². The zero-order chi connectivity index (χ0) is 19.6. The lowest BCUT2D eigenvalue weighted by Crippen LogP contribution is -2.26. The monoisotopic (exact) mass is 478 g/mol. The number of rotatable bonds is 5. The van der Waals surface area contributed by atoms with Gasteiger partial charge in [-0.05, 0) is 70.3 Å². The smallest absolute Gasteiger partial charge is 0.299 e. The minimum atomic E-state index is -0.789. The van der Waals surface area contributed by atoms with E-state index < -0.39 is 5.97 Å². The van der Waals surface area contributed by atoms with E-state index in [2.05, 4.69) is 46.3 Å². The van der Waals surface area contributed by atoms with Crippen LogP contribution < -0.4 is 5.56 Å². The summed E-state index contributed by atoms with van der Waals surface area (Å²) in [4.78, 5) is 32.2. The van der Waals surface area contributed by atoms with Crippen LogP contribution in [0, 0.1) is 3.57 Å². The second-order valence-electron chi connectivity index (χ2n) is 6.99. The molecule has 0 spiro atoms. The van der Waals surface area contributed by atoms with Crippen molar-refractivity contribution in [3.8, 4) is 0 Å². The van der Waals surface area contributed by atoms with Gasteiger partial charge in [0.1, 0.15) is 0 Å². The second kappa shape index (κ2) is 7.77. The number of carbonyl (C=O) groups is 1. The normalized spacial score (nSPS) is 11.6. The average Bonchev–Trinajstić information content (AvgIpc) is 2.67. The van der Waals surface area contributed by atoms with Gasteiger partial charge in [-0.2, -0.15) is 5.26 Å². The van der Waals surface area contributed by atoms with Gasteiger partial charge < -0.3 is 0 Å². The summed E-state index contributed by atoms with van der Waals surface area (Å²) in [6.07, 6.45) is 2.31. The Hall–Kier alpha value is -2.26. The van der Waals surface area contributed by atoms with Gasteiger partial charge in [0.05, 0.1) is 22.8 Å². The predicted octanol–water partition coefficient (Wildman–Crippen LogP) is 4.00. The third-order valence-corrected chi connectivity index (χ3v) is 5.42. The minimum Gasteiger partial charge on any atom is -0.299 e. The molecule has 0 atom stereocenters. The van der Waals surface area contributed by atoms with Crippen LogP contribution in [-0.4, -0.2) is 20.8 Å². The lowest BCUT2D eigenvalue weighted by atomic mass is 9.81. The van der Waals surface area contributed by atoms with Crippen molar-refractivity contribution in [3.05, 3.63) is 73.8 Å². The van der Waals surface area contributed by atoms with E-state index in [1.807, 2.05) is 30.3 Å². The highest BCUT2D eigenvalue weighted by Gasteiger charge is 2.21. The molecule has 3 rings (SSSR count). The first-order valence-electron chi connectivity index (χ1n) is 8.43. The van der Waals surface area contributed by atoms with Crippen LogP contribution in [0.4, 0.5) is 0 Å². The van der Waals surface area contributed by atoms with Crippen molar-refractivity contribution in [3.63, 3.8) is 0 Å². The van der Waals surface area contributed by atoms with E-state index in [1.54, 1.807) is 23.0 Å². The number of aryl methyl sites for hydroxylation is 1. The van der Waals surface area contributed by atoms with Crippen molar-refractivity contribution in [1.29, 1.82) is 0 Å². The number of nitrogens with zero attached hydrogens (tertiary/aromatic N) is 2. The molecule has 0 unspecified atom stereocenters. The first-order valence-corrected chi connectivity index (χ1v) is 9.51. The largest absolute Gasteiger partial charge is 0.372 e. The zero-order valence-electron chi connectivity index (χ0n) is 15.0. The van der Waals surface area contributed by atoms with Crippen LogP contribution in [0.5, 0.6) is 0 Å². The molecular formula is C20H19IN2O4. The SMILES string of the molecule is CC(C)(CCn1cnc2ccc(I)cc2c1=O)c1ccc(C(=O)OO)cc1. The molecule has 0 aliphatic heterocycles. The van der Waals surface area contributed by atoms with Gasteiger partial charge in [0.15, 0.2) is 0 Å². The predicted molar refractivity (Wildman–Crippen MR) is 111 cm³/mol. The maximum atomic E-state index is 12.7. The van der Waals surface area contributed by atoms with Crippen molar-refractivity contribution in [2.24, 2.45) is 0 Å². The van der Waals surface area contributed by atoms with E-state index in [4.69, 9.17) is 5.26 Å². The van der Waals surface area contributed by atoms with Gasteiger partial charge in [-0.25, -0.2) is 9.78 Å². The molecule has 3 aromatic rings. The zero-order valence-corrected chi connectivity index (χ0v) is 17.1. The van der Waals surface area contributed by atoms with Gasteiger partial charge in [0, 0.05) is 10.1 Å². The molecule has 1 heterocycles. The fourth-order valence-corrected chi connectivity index (χ4v) is 3.44. The Labute approximate surface area is 169 Å². The fraction of sp³-hybridized carbons (Fsp3) is 0.250. The number of benzene rings is 2. The molecule has 0 fully saturated rings. The Morgan fingerprint density at radius 2 is 1.93 bits per heavy atom. The molecule has 6 nitrogen and oxygen atoms in total. The highest BCUT2D eigenvalue weighted by molar-refractivity contribution is 14.1. The summed E-state index contributed by atoms with van der Waals surface area (Å²) < 4.78 is 2.64. The summed E-state index contributed by atoms with van der Waals surface area (Å²) in [6, 6.07) is 12.5. The molecule has 0 aliphatic carbocycles. The summed E-state index contributed by atoms with van der Waals surface area (Å²) in [5.41, 5.74) is 1.73. The van der Waals surface area contributed by atoms with Gasteiger partial charge >= 0.3 is 5.97 Å². The number of halogens is 1. The molecule has 0 radical (unpaired) electrons. The van der Waals surface area contributed by atoms with Crippen molar-refractivity contribution < 1.29 is 14.9 Å². The van der Waals surface area contributed by atoms with E-state index in [0.717, 1.165) is 9.13 Å². The fourth-order valence-electron chi connectivity index (χ4n) is 2.94. The van der Waals surface area contributed by atoms with Crippen LogP contribution >= 0.6 is 22.6 Å². The van der Waals surface area contributed by atoms with Crippen LogP contribution in [-0.2, 0) is 16.8 Å². The minimum absolute atomic E-state index is 0.0460. The molecule has 0 aliphatic rings. The highest BCUT2D eigenvalue weighted by Crippen LogP contribution is 2.28. The van der Waals surface area contributed by atoms with E-state index in [1.165, 1.54) is 0 Å². The van der Waals surface area contributed by atoms with E-state index in [-0.39, 0.29) is 16.5 Å². The number of fused-ring (bicyclic) bond motifs is 1. The molecule has 27 heavy (non-hydrogen) atoms. The number of hydrogen-bond donors (Lipinski definition) is 1. The van der Waals surface area contributed by atoms with Crippen LogP contribution in [0.25, 0.3) is 10.9 Å². The van der Waals surface area contributed by atoms with Gasteiger partial charge in [-0.1, -0.05) is 26.0 Å². The van der Waals surface area contributed by atoms with Crippen LogP contribution in [0.1, 0.15) is 36.2 Å². The Balaban J connectivity index is 1.81. The lowest BCUT2D eigenvalue weighted by molar-refractivity contribution is -0.182. The number of hydrogen-bond acceptors (Lipinski definition) is 5. The van der Waals surface area contributed by atoms with Gasteiger partial charge in [-0.3, -0.25) is 14.2 Å². The number of aromatic nitrogens is 2. The van der Waals surface area contributed by atoms with Crippen LogP contribution in [0.2, 0.25) is 0 Å². The molecule has 2 aromatic carbocycles. The first-order chi connectivity index (χ1) is 12.8. The second-order valence-corrected chi connectivity index (χ2v) is 8.24. The summed E-state index contributed by atoms with van der Waals surface area (Å²) in [6.45, 7) is 4.68. The lowest BCUT2D eigenvalue weighted by Gasteiger charge is -2.25. The molecule has 140 valence electrons. The molecular weight excluding hydrogens is 459 g/mol. The van der Waals surface area contributed by atoms with Crippen molar-refractivity contribution >= 4 is 39.5 Å².